The second-order valence-electron chi connectivity index (χ2n) is 8.92. The van der Waals surface area contributed by atoms with Gasteiger partial charge in [0, 0.05) is 45.5 Å². The highest BCUT2D eigenvalue weighted by Gasteiger charge is 2.35. The van der Waals surface area contributed by atoms with E-state index in [1.807, 2.05) is 25.7 Å². The summed E-state index contributed by atoms with van der Waals surface area (Å²) in [4.78, 5) is 24.6. The van der Waals surface area contributed by atoms with Gasteiger partial charge in [0.25, 0.3) is 0 Å². The van der Waals surface area contributed by atoms with Gasteiger partial charge >= 0.3 is 12.3 Å². The summed E-state index contributed by atoms with van der Waals surface area (Å²) in [6, 6.07) is 1.56. The minimum atomic E-state index is -4.84. The maximum Gasteiger partial charge on any atom is 0.419 e. The van der Waals surface area contributed by atoms with Gasteiger partial charge < -0.3 is 14.5 Å². The van der Waals surface area contributed by atoms with Crippen molar-refractivity contribution in [3.8, 4) is 0 Å². The molecule has 0 atom stereocenters. The number of amides is 1. The van der Waals surface area contributed by atoms with Gasteiger partial charge in [-0.3, -0.25) is 9.56 Å². The molecule has 0 unspecified atom stereocenters. The number of anilines is 1. The molecular weight excluding hydrogens is 478 g/mol. The van der Waals surface area contributed by atoms with Crippen LogP contribution in [0, 0.1) is 5.82 Å². The number of hydrogen-bond acceptors (Lipinski definition) is 5. The fourth-order valence-corrected chi connectivity index (χ4v) is 3.65. The fraction of sp³-hybridized carbons (Fsp3) is 0.560. The zero-order valence-electron chi connectivity index (χ0n) is 21.9. The van der Waals surface area contributed by atoms with Crippen molar-refractivity contribution in [1.29, 1.82) is 0 Å². The van der Waals surface area contributed by atoms with Crippen LogP contribution in [0.2, 0.25) is 0 Å². The third kappa shape index (κ3) is 6.76. The summed E-state index contributed by atoms with van der Waals surface area (Å²) in [5, 5.41) is 0. The first-order valence-electron chi connectivity index (χ1n) is 12.0. The number of carbonyl (C=O) groups is 1. The van der Waals surface area contributed by atoms with E-state index in [9.17, 15) is 22.4 Å². The van der Waals surface area contributed by atoms with Gasteiger partial charge in [0.2, 0.25) is 0 Å². The van der Waals surface area contributed by atoms with Gasteiger partial charge in [-0.25, -0.2) is 14.2 Å². The number of nitrogens with zero attached hydrogens (tertiary/aromatic N) is 5. The number of halogens is 4. The lowest BCUT2D eigenvalue weighted by atomic mass is 10.1. The number of allylic oxidation sites excluding steroid dienone is 1. The predicted molar refractivity (Wildman–Crippen MR) is 133 cm³/mol. The molecule has 0 radical (unpaired) electrons. The molecule has 36 heavy (non-hydrogen) atoms. The van der Waals surface area contributed by atoms with Crippen molar-refractivity contribution in [1.82, 2.24) is 14.5 Å². The van der Waals surface area contributed by atoms with Crippen molar-refractivity contribution in [3.05, 3.63) is 35.1 Å². The highest BCUT2D eigenvalue weighted by Crippen LogP contribution is 2.33. The first-order valence-corrected chi connectivity index (χ1v) is 12.0. The molecular formula is C25H35F4N5O2. The van der Waals surface area contributed by atoms with Crippen LogP contribution >= 0.6 is 0 Å². The quantitative estimate of drug-likeness (QED) is 0.495. The van der Waals surface area contributed by atoms with Crippen molar-refractivity contribution >= 4 is 29.1 Å². The van der Waals surface area contributed by atoms with Gasteiger partial charge in [0.15, 0.2) is 11.3 Å². The summed E-state index contributed by atoms with van der Waals surface area (Å²) in [6.45, 7) is 12.8. The van der Waals surface area contributed by atoms with Crippen LogP contribution in [0.4, 0.5) is 28.2 Å². The van der Waals surface area contributed by atoms with E-state index in [4.69, 9.17) is 4.74 Å². The summed E-state index contributed by atoms with van der Waals surface area (Å²) in [5.41, 5.74) is -1.47. The molecule has 1 amide bonds. The van der Waals surface area contributed by atoms with E-state index in [1.54, 1.807) is 37.9 Å². The molecule has 2 heterocycles. The minimum Gasteiger partial charge on any atom is -0.444 e. The zero-order valence-corrected chi connectivity index (χ0v) is 21.9. The molecule has 0 aliphatic carbocycles. The second-order valence-corrected chi connectivity index (χ2v) is 8.92. The Balaban J connectivity index is 0.00000222. The van der Waals surface area contributed by atoms with Crippen molar-refractivity contribution in [2.45, 2.75) is 59.7 Å². The predicted octanol–water partition coefficient (Wildman–Crippen LogP) is 5.69. The Hall–Kier alpha value is -3.11. The highest BCUT2D eigenvalue weighted by atomic mass is 19.4. The largest absolute Gasteiger partial charge is 0.444 e. The SMILES string of the molecule is CC.CC/C=C\n1c(=NC)c(N2CCN(C(=O)OC(C)(C)C)CC2)nc2cc(F)c(C(F)(F)F)cc21. The van der Waals surface area contributed by atoms with Crippen molar-refractivity contribution < 1.29 is 27.1 Å². The molecule has 1 aromatic heterocycles. The molecule has 0 saturated carbocycles. The number of piperazine rings is 1. The molecule has 1 aliphatic heterocycles. The van der Waals surface area contributed by atoms with Crippen LogP contribution in [0.5, 0.6) is 0 Å². The third-order valence-electron chi connectivity index (χ3n) is 5.22. The summed E-state index contributed by atoms with van der Waals surface area (Å²) < 4.78 is 61.3. The molecule has 3 rings (SSSR count). The molecule has 1 aromatic carbocycles. The zero-order chi connectivity index (χ0) is 27.3. The first-order chi connectivity index (χ1) is 16.9. The standard InChI is InChI=1S/C23H29F4N5O2.C2H6/c1-6-7-8-32-18-13-15(23(25,26)27)16(24)14-17(18)29-20(19(32)28-5)30-9-11-31(12-10-30)21(33)34-22(2,3)4;1-2/h7-8,13-14H,6,9-12H2,1-5H3;1-2H3/b8-7-,28-19?;. The van der Waals surface area contributed by atoms with Crippen LogP contribution in [0.3, 0.4) is 0 Å². The average Bonchev–Trinajstić information content (AvgIpc) is 2.81. The smallest absolute Gasteiger partial charge is 0.419 e. The molecule has 0 N–H and O–H groups in total. The number of benzene rings is 1. The van der Waals surface area contributed by atoms with Gasteiger partial charge in [-0.2, -0.15) is 13.2 Å². The maximum absolute atomic E-state index is 14.3. The number of rotatable bonds is 3. The van der Waals surface area contributed by atoms with E-state index in [2.05, 4.69) is 9.98 Å². The lowest BCUT2D eigenvalue weighted by Crippen LogP contribution is -2.51. The van der Waals surface area contributed by atoms with E-state index < -0.39 is 29.3 Å². The number of carbonyl (C=O) groups excluding carboxylic acids is 1. The highest BCUT2D eigenvalue weighted by molar-refractivity contribution is 5.80. The van der Waals surface area contributed by atoms with Crippen molar-refractivity contribution in [2.24, 2.45) is 4.99 Å². The Morgan fingerprint density at radius 3 is 2.25 bits per heavy atom. The van der Waals surface area contributed by atoms with Gasteiger partial charge in [-0.15, -0.1) is 0 Å². The number of aromatic nitrogens is 2. The molecule has 7 nitrogen and oxygen atoms in total. The molecule has 1 saturated heterocycles. The number of fused-ring (bicyclic) bond motifs is 1. The topological polar surface area (TPSA) is 63.0 Å². The normalized spacial score (nSPS) is 15.4. The Labute approximate surface area is 209 Å². The molecule has 11 heteroatoms. The van der Waals surface area contributed by atoms with Crippen molar-refractivity contribution in [3.63, 3.8) is 0 Å². The van der Waals surface area contributed by atoms with E-state index in [-0.39, 0.29) is 11.0 Å². The Morgan fingerprint density at radius 2 is 1.75 bits per heavy atom. The molecule has 0 bridgehead atoms. The Morgan fingerprint density at radius 1 is 1.14 bits per heavy atom. The second kappa shape index (κ2) is 11.7. The van der Waals surface area contributed by atoms with Crippen LogP contribution in [-0.2, 0) is 10.9 Å². The number of alkyl halides is 3. The van der Waals surface area contributed by atoms with Crippen LogP contribution < -0.4 is 10.4 Å². The van der Waals surface area contributed by atoms with Crippen LogP contribution in [-0.4, -0.2) is 59.4 Å². The third-order valence-corrected chi connectivity index (χ3v) is 5.22. The van der Waals surface area contributed by atoms with Gasteiger partial charge in [0.05, 0.1) is 16.6 Å². The molecule has 200 valence electrons. The van der Waals surface area contributed by atoms with Crippen LogP contribution in [0.1, 0.15) is 53.5 Å². The van der Waals surface area contributed by atoms with Crippen molar-refractivity contribution in [2.75, 3.05) is 38.1 Å². The first kappa shape index (κ1) is 29.1. The maximum atomic E-state index is 14.3. The molecule has 0 spiro atoms. The monoisotopic (exact) mass is 513 g/mol. The van der Waals surface area contributed by atoms with Crippen LogP contribution in [0.25, 0.3) is 17.2 Å². The van der Waals surface area contributed by atoms with Gasteiger partial charge in [-0.05, 0) is 33.3 Å². The van der Waals surface area contributed by atoms with Gasteiger partial charge in [-0.1, -0.05) is 26.8 Å². The number of hydrogen-bond donors (Lipinski definition) is 0. The van der Waals surface area contributed by atoms with E-state index in [0.29, 0.717) is 43.9 Å². The Bertz CT molecular complexity index is 1160. The molecule has 1 aliphatic rings. The summed E-state index contributed by atoms with van der Waals surface area (Å²) in [7, 11) is 1.52. The molecule has 2 aromatic rings. The Kier molecular flexibility index (Phi) is 9.51. The minimum absolute atomic E-state index is 0.0724. The lowest BCUT2D eigenvalue weighted by molar-refractivity contribution is -0.139. The average molecular weight is 514 g/mol. The van der Waals surface area contributed by atoms with Crippen LogP contribution in [0.15, 0.2) is 23.2 Å². The fourth-order valence-electron chi connectivity index (χ4n) is 3.65. The van der Waals surface area contributed by atoms with E-state index in [1.165, 1.54) is 11.6 Å². The summed E-state index contributed by atoms with van der Waals surface area (Å²) in [6.07, 6.45) is -1.23. The summed E-state index contributed by atoms with van der Waals surface area (Å²) in [5.74, 6) is -0.987. The van der Waals surface area contributed by atoms with E-state index in [0.717, 1.165) is 12.1 Å². The van der Waals surface area contributed by atoms with E-state index >= 15 is 0 Å². The van der Waals surface area contributed by atoms with Gasteiger partial charge in [0.1, 0.15) is 11.4 Å². The molecule has 1 fully saturated rings. The summed E-state index contributed by atoms with van der Waals surface area (Å²) >= 11 is 0. The lowest BCUT2D eigenvalue weighted by Gasteiger charge is -2.36. The number of ether oxygens (including phenoxy) is 1.